The molecule has 212 valence electrons. The molecule has 0 saturated heterocycles. The van der Waals surface area contributed by atoms with Crippen molar-refractivity contribution in [2.75, 3.05) is 19.8 Å². The number of aliphatic hydroxyl groups excluding tert-OH is 2. The Morgan fingerprint density at radius 3 is 2.21 bits per heavy atom. The van der Waals surface area contributed by atoms with Crippen LogP contribution in [-0.4, -0.2) is 36.0 Å². The van der Waals surface area contributed by atoms with E-state index >= 15 is 0 Å². The predicted molar refractivity (Wildman–Crippen MR) is 154 cm³/mol. The van der Waals surface area contributed by atoms with Crippen LogP contribution in [0.4, 0.5) is 0 Å². The Morgan fingerprint density at radius 2 is 1.58 bits per heavy atom. The molecule has 0 aromatic heterocycles. The highest BCUT2D eigenvalue weighted by Gasteiger charge is 2.34. The van der Waals surface area contributed by atoms with Crippen molar-refractivity contribution >= 4 is 5.97 Å². The molecule has 4 heteroatoms. The molecule has 1 aromatic carbocycles. The van der Waals surface area contributed by atoms with Gasteiger partial charge in [-0.3, -0.25) is 0 Å². The first-order valence-electron chi connectivity index (χ1n) is 15.7. The summed E-state index contributed by atoms with van der Waals surface area (Å²) in [7, 11) is 0. The van der Waals surface area contributed by atoms with Gasteiger partial charge in [-0.25, -0.2) is 4.79 Å². The Balaban J connectivity index is 1.23. The molecule has 2 saturated carbocycles. The van der Waals surface area contributed by atoms with Crippen molar-refractivity contribution in [3.05, 3.63) is 47.0 Å². The molecule has 3 aliphatic rings. The zero-order chi connectivity index (χ0) is 26.9. The smallest absolute Gasteiger partial charge is 0.335 e. The van der Waals surface area contributed by atoms with E-state index in [9.17, 15) is 9.90 Å². The normalized spacial score (nSPS) is 28.3. The van der Waals surface area contributed by atoms with Crippen LogP contribution < -0.4 is 0 Å². The average molecular weight is 525 g/mol. The van der Waals surface area contributed by atoms with Crippen molar-refractivity contribution in [3.8, 4) is 0 Å². The summed E-state index contributed by atoms with van der Waals surface area (Å²) in [6.07, 6.45) is 21.0. The van der Waals surface area contributed by atoms with Gasteiger partial charge in [-0.15, -0.1) is 0 Å². The maximum atomic E-state index is 11.8. The molecule has 0 spiro atoms. The third-order valence-electron chi connectivity index (χ3n) is 10.3. The maximum absolute atomic E-state index is 11.8. The molecule has 0 bridgehead atoms. The highest BCUT2D eigenvalue weighted by Crippen LogP contribution is 2.45. The van der Waals surface area contributed by atoms with Gasteiger partial charge in [0, 0.05) is 5.92 Å². The molecular formula is C34H52O4. The average Bonchev–Trinajstić information content (AvgIpc) is 2.97. The van der Waals surface area contributed by atoms with Crippen LogP contribution in [0.2, 0.25) is 0 Å². The molecule has 38 heavy (non-hydrogen) atoms. The van der Waals surface area contributed by atoms with Gasteiger partial charge >= 0.3 is 5.97 Å². The number of esters is 1. The zero-order valence-electron chi connectivity index (χ0n) is 23.8. The molecule has 0 heterocycles. The van der Waals surface area contributed by atoms with E-state index in [2.05, 4.69) is 31.7 Å². The number of aryl methyl sites for hydroxylation is 1. The molecule has 0 radical (unpaired) electrons. The number of carbonyl (C=O) groups excluding carboxylic acids is 1. The third-order valence-corrected chi connectivity index (χ3v) is 10.3. The minimum Gasteiger partial charge on any atom is -0.462 e. The summed E-state index contributed by atoms with van der Waals surface area (Å²) in [5.74, 6) is 3.85. The van der Waals surface area contributed by atoms with Gasteiger partial charge in [0.2, 0.25) is 0 Å². The molecule has 1 aromatic rings. The Kier molecular flexibility index (Phi) is 11.3. The Labute approximate surface area is 231 Å². The summed E-state index contributed by atoms with van der Waals surface area (Å²) >= 11 is 0. The second-order valence-electron chi connectivity index (χ2n) is 12.7. The number of hydrogen-bond acceptors (Lipinski definition) is 4. The number of aliphatic hydroxyl groups is 2. The van der Waals surface area contributed by atoms with E-state index in [1.54, 1.807) is 0 Å². The summed E-state index contributed by atoms with van der Waals surface area (Å²) in [5, 5.41) is 19.0. The van der Waals surface area contributed by atoms with Gasteiger partial charge in [0.25, 0.3) is 0 Å². The fourth-order valence-corrected chi connectivity index (χ4v) is 7.78. The van der Waals surface area contributed by atoms with Crippen LogP contribution in [0.3, 0.4) is 0 Å². The number of ether oxygens (including phenoxy) is 1. The Bertz CT molecular complexity index is 892. The summed E-state index contributed by atoms with van der Waals surface area (Å²) in [6, 6.07) is 6.57. The van der Waals surface area contributed by atoms with Gasteiger partial charge in [-0.2, -0.15) is 0 Å². The summed E-state index contributed by atoms with van der Waals surface area (Å²) in [4.78, 5) is 11.8. The molecule has 0 amide bonds. The van der Waals surface area contributed by atoms with Gasteiger partial charge in [-0.1, -0.05) is 70.2 Å². The lowest BCUT2D eigenvalue weighted by Crippen LogP contribution is -2.30. The number of carbonyl (C=O) groups is 1. The first kappa shape index (κ1) is 29.3. The summed E-state index contributed by atoms with van der Waals surface area (Å²) in [6.45, 7) is 5.42. The van der Waals surface area contributed by atoms with Crippen molar-refractivity contribution in [2.45, 2.75) is 109 Å². The van der Waals surface area contributed by atoms with E-state index in [0.29, 0.717) is 0 Å². The van der Waals surface area contributed by atoms with Crippen LogP contribution in [-0.2, 0) is 22.4 Å². The second kappa shape index (κ2) is 14.7. The Hall–Kier alpha value is -1.65. The van der Waals surface area contributed by atoms with E-state index < -0.39 is 12.6 Å². The minimum absolute atomic E-state index is 0.0393. The van der Waals surface area contributed by atoms with Crippen LogP contribution in [0.5, 0.6) is 0 Å². The lowest BCUT2D eigenvalue weighted by Gasteiger charge is -2.41. The molecule has 2 atom stereocenters. The van der Waals surface area contributed by atoms with Crippen molar-refractivity contribution in [3.63, 3.8) is 0 Å². The van der Waals surface area contributed by atoms with E-state index in [-0.39, 0.29) is 24.7 Å². The van der Waals surface area contributed by atoms with Crippen molar-refractivity contribution in [1.29, 1.82) is 0 Å². The summed E-state index contributed by atoms with van der Waals surface area (Å²) in [5.41, 5.74) is 3.92. The fourth-order valence-electron chi connectivity index (χ4n) is 7.78. The van der Waals surface area contributed by atoms with Gasteiger partial charge in [-0.05, 0) is 104 Å². The number of rotatable bonds is 12. The first-order valence-corrected chi connectivity index (χ1v) is 15.7. The maximum Gasteiger partial charge on any atom is 0.335 e. The third kappa shape index (κ3) is 7.72. The fraction of sp³-hybridized carbons (Fsp3) is 0.735. The molecule has 4 rings (SSSR count). The van der Waals surface area contributed by atoms with Crippen molar-refractivity contribution < 1.29 is 19.7 Å². The van der Waals surface area contributed by atoms with Crippen LogP contribution in [0, 0.1) is 29.6 Å². The van der Waals surface area contributed by atoms with Gasteiger partial charge in [0.15, 0.2) is 0 Å². The minimum atomic E-state index is -0.600. The van der Waals surface area contributed by atoms with Gasteiger partial charge < -0.3 is 14.9 Å². The van der Waals surface area contributed by atoms with E-state index in [4.69, 9.17) is 9.84 Å². The molecule has 2 N–H and O–H groups in total. The second-order valence-corrected chi connectivity index (χ2v) is 12.7. The van der Waals surface area contributed by atoms with E-state index in [1.165, 1.54) is 101 Å². The lowest BCUT2D eigenvalue weighted by atomic mass is 9.65. The predicted octanol–water partition coefficient (Wildman–Crippen LogP) is 7.15. The number of unbranched alkanes of at least 4 members (excludes halogenated alkanes) is 2. The number of benzene rings is 1. The molecule has 0 aliphatic heterocycles. The quantitative estimate of drug-likeness (QED) is 0.173. The van der Waals surface area contributed by atoms with E-state index in [1.807, 2.05) is 0 Å². The van der Waals surface area contributed by atoms with Gasteiger partial charge in [0.05, 0.1) is 18.8 Å². The van der Waals surface area contributed by atoms with Gasteiger partial charge in [0.1, 0.15) is 6.61 Å². The van der Waals surface area contributed by atoms with Crippen LogP contribution in [0.15, 0.2) is 30.4 Å². The topological polar surface area (TPSA) is 66.8 Å². The zero-order valence-corrected chi connectivity index (χ0v) is 23.8. The summed E-state index contributed by atoms with van der Waals surface area (Å²) < 4.78 is 5.26. The number of hydrogen-bond donors (Lipinski definition) is 2. The Morgan fingerprint density at radius 1 is 0.921 bits per heavy atom. The standard InChI is InChI=1S/C34H52O4/c1-3-4-5-6-25-7-9-26(10-8-25)27-11-13-28(14-12-27)29-15-16-31-20-32(18-17-30(31)19-29)33(22-36)23-38-34(37)24(2)21-35/h17-18,20,25-29,33,35-36H,2-16,19,21-23H2,1H3. The largest absolute Gasteiger partial charge is 0.462 e. The highest BCUT2D eigenvalue weighted by atomic mass is 16.5. The molecule has 3 aliphatic carbocycles. The van der Waals surface area contributed by atoms with Crippen molar-refractivity contribution in [2.24, 2.45) is 29.6 Å². The molecule has 2 fully saturated rings. The molecular weight excluding hydrogens is 472 g/mol. The lowest BCUT2D eigenvalue weighted by molar-refractivity contribution is -0.140. The van der Waals surface area contributed by atoms with Crippen LogP contribution >= 0.6 is 0 Å². The van der Waals surface area contributed by atoms with Crippen LogP contribution in [0.25, 0.3) is 0 Å². The van der Waals surface area contributed by atoms with Crippen molar-refractivity contribution in [1.82, 2.24) is 0 Å². The van der Waals surface area contributed by atoms with Crippen LogP contribution in [0.1, 0.15) is 113 Å². The highest BCUT2D eigenvalue weighted by molar-refractivity contribution is 5.87. The number of fused-ring (bicyclic) bond motifs is 1. The molecule has 4 nitrogen and oxygen atoms in total. The molecule has 2 unspecified atom stereocenters. The van der Waals surface area contributed by atoms with E-state index in [0.717, 1.165) is 41.6 Å². The first-order chi connectivity index (χ1) is 18.5. The monoisotopic (exact) mass is 524 g/mol. The SMILES string of the molecule is C=C(CO)C(=O)OCC(CO)c1ccc2c(c1)CCC(C1CCC(C3CCC(CCCCC)CC3)CC1)C2.